The number of nitrogens with zero attached hydrogens (tertiary/aromatic N) is 2. The van der Waals surface area contributed by atoms with Gasteiger partial charge in [0.1, 0.15) is 0 Å². The molecule has 0 aliphatic carbocycles. The Balaban J connectivity index is 1.99. The van der Waals surface area contributed by atoms with E-state index >= 15 is 0 Å². The minimum Gasteiger partial charge on any atom is -0.385 e. The van der Waals surface area contributed by atoms with Crippen molar-refractivity contribution in [3.63, 3.8) is 0 Å². The number of rotatable bonds is 8. The van der Waals surface area contributed by atoms with Crippen molar-refractivity contribution in [2.45, 2.75) is 33.2 Å². The van der Waals surface area contributed by atoms with Crippen LogP contribution >= 0.6 is 15.9 Å². The van der Waals surface area contributed by atoms with Gasteiger partial charge in [0.25, 0.3) is 0 Å². The van der Waals surface area contributed by atoms with Crippen LogP contribution in [0.4, 0.5) is 0 Å². The summed E-state index contributed by atoms with van der Waals surface area (Å²) < 4.78 is 8.16. The minimum atomic E-state index is 0.835. The predicted octanol–water partition coefficient (Wildman–Crippen LogP) is 3.77. The summed E-state index contributed by atoms with van der Waals surface area (Å²) in [6.45, 7) is 6.91. The molecule has 0 aliphatic rings. The number of hydrogen-bond acceptors (Lipinski definition) is 3. The number of hydrogen-bond donors (Lipinski definition) is 1. The van der Waals surface area contributed by atoms with Crippen molar-refractivity contribution >= 4 is 15.9 Å². The largest absolute Gasteiger partial charge is 0.385 e. The third kappa shape index (κ3) is 4.41. The van der Waals surface area contributed by atoms with E-state index < -0.39 is 0 Å². The molecule has 5 heteroatoms. The number of nitrogens with one attached hydrogen (secondary N) is 1. The Morgan fingerprint density at radius 2 is 1.91 bits per heavy atom. The Kier molecular flexibility index (Phi) is 6.61. The number of ether oxygens (including phenoxy) is 1. The van der Waals surface area contributed by atoms with Crippen molar-refractivity contribution < 1.29 is 4.74 Å². The summed E-state index contributed by atoms with van der Waals surface area (Å²) >= 11 is 3.47. The molecule has 1 aromatic carbocycles. The van der Waals surface area contributed by atoms with E-state index in [-0.39, 0.29) is 0 Å². The Hall–Kier alpha value is -1.17. The van der Waals surface area contributed by atoms with E-state index in [1.165, 1.54) is 11.3 Å². The van der Waals surface area contributed by atoms with Crippen molar-refractivity contribution in [3.8, 4) is 5.69 Å². The average molecular weight is 366 g/mol. The van der Waals surface area contributed by atoms with Crippen LogP contribution in [0.1, 0.15) is 29.8 Å². The molecule has 0 fully saturated rings. The number of methoxy groups -OCH3 is 1. The maximum atomic E-state index is 5.06. The lowest BCUT2D eigenvalue weighted by Gasteiger charge is -2.07. The molecule has 4 nitrogen and oxygen atoms in total. The topological polar surface area (TPSA) is 39.1 Å². The van der Waals surface area contributed by atoms with Crippen LogP contribution in [0.5, 0.6) is 0 Å². The summed E-state index contributed by atoms with van der Waals surface area (Å²) in [5.74, 6) is 0. The molecule has 2 aromatic rings. The molecule has 0 unspecified atom stereocenters. The van der Waals surface area contributed by atoms with Crippen LogP contribution in [0.3, 0.4) is 0 Å². The molecule has 0 radical (unpaired) electrons. The second-order valence-corrected chi connectivity index (χ2v) is 6.33. The molecule has 0 saturated carbocycles. The fraction of sp³-hybridized carbons (Fsp3) is 0.471. The normalized spacial score (nSPS) is 11.1. The van der Waals surface area contributed by atoms with Crippen molar-refractivity contribution in [2.75, 3.05) is 20.3 Å². The number of aromatic nitrogens is 2. The van der Waals surface area contributed by atoms with E-state index in [0.29, 0.717) is 0 Å². The van der Waals surface area contributed by atoms with Crippen LogP contribution in [0.2, 0.25) is 0 Å². The zero-order valence-corrected chi connectivity index (χ0v) is 15.1. The first-order valence-corrected chi connectivity index (χ1v) is 8.43. The molecule has 120 valence electrons. The van der Waals surface area contributed by atoms with Crippen molar-refractivity contribution in [2.24, 2.45) is 0 Å². The highest BCUT2D eigenvalue weighted by molar-refractivity contribution is 9.10. The summed E-state index contributed by atoms with van der Waals surface area (Å²) in [7, 11) is 1.75. The SMILES string of the molecule is COCCCCNCc1c(C)nn(-c2ccc(Br)cc2)c1C. The number of halogens is 1. The molecule has 1 N–H and O–H groups in total. The van der Waals surface area contributed by atoms with Gasteiger partial charge in [0, 0.05) is 36.0 Å². The second-order valence-electron chi connectivity index (χ2n) is 5.41. The first-order chi connectivity index (χ1) is 10.6. The lowest BCUT2D eigenvalue weighted by molar-refractivity contribution is 0.192. The van der Waals surface area contributed by atoms with Gasteiger partial charge in [-0.1, -0.05) is 15.9 Å². The zero-order chi connectivity index (χ0) is 15.9. The van der Waals surface area contributed by atoms with Gasteiger partial charge < -0.3 is 10.1 Å². The molecule has 0 amide bonds. The van der Waals surface area contributed by atoms with Gasteiger partial charge in [0.15, 0.2) is 0 Å². The van der Waals surface area contributed by atoms with E-state index in [1.54, 1.807) is 7.11 Å². The maximum Gasteiger partial charge on any atom is 0.0649 e. The zero-order valence-electron chi connectivity index (χ0n) is 13.5. The van der Waals surface area contributed by atoms with Crippen LogP contribution in [0, 0.1) is 13.8 Å². The highest BCUT2D eigenvalue weighted by atomic mass is 79.9. The highest BCUT2D eigenvalue weighted by Crippen LogP contribution is 2.19. The summed E-state index contributed by atoms with van der Waals surface area (Å²) in [5, 5.41) is 8.18. The van der Waals surface area contributed by atoms with Crippen molar-refractivity contribution in [1.29, 1.82) is 0 Å². The molecule has 22 heavy (non-hydrogen) atoms. The minimum absolute atomic E-state index is 0.835. The van der Waals surface area contributed by atoms with Crippen molar-refractivity contribution in [1.82, 2.24) is 15.1 Å². The molecule has 1 heterocycles. The second kappa shape index (κ2) is 8.46. The molecule has 2 rings (SSSR count). The standard InChI is InChI=1S/C17H24BrN3O/c1-13-17(12-19-10-4-5-11-22-3)14(2)21(20-13)16-8-6-15(18)7-9-16/h6-9,19H,4-5,10-12H2,1-3H3. The first-order valence-electron chi connectivity index (χ1n) is 7.64. The Bertz CT molecular complexity index is 593. The van der Waals surface area contributed by atoms with Crippen LogP contribution in [0.15, 0.2) is 28.7 Å². The number of aryl methyl sites for hydroxylation is 1. The summed E-state index contributed by atoms with van der Waals surface area (Å²) in [6.07, 6.45) is 2.23. The first kappa shape index (κ1) is 17.2. The van der Waals surface area contributed by atoms with Gasteiger partial charge in [0.05, 0.1) is 11.4 Å². The lowest BCUT2D eigenvalue weighted by Crippen LogP contribution is -2.16. The van der Waals surface area contributed by atoms with Crippen LogP contribution < -0.4 is 5.32 Å². The Labute approximate surface area is 141 Å². The number of unbranched alkanes of at least 4 members (excludes halogenated alkanes) is 1. The predicted molar refractivity (Wildman–Crippen MR) is 93.6 cm³/mol. The van der Waals surface area contributed by atoms with Crippen molar-refractivity contribution in [3.05, 3.63) is 45.7 Å². The molecule has 1 aromatic heterocycles. The van der Waals surface area contributed by atoms with Gasteiger partial charge in [-0.2, -0.15) is 5.10 Å². The average Bonchev–Trinajstić information content (AvgIpc) is 2.79. The van der Waals surface area contributed by atoms with Gasteiger partial charge in [0.2, 0.25) is 0 Å². The monoisotopic (exact) mass is 365 g/mol. The summed E-state index contributed by atoms with van der Waals surface area (Å²) in [5.41, 5.74) is 4.67. The van der Waals surface area contributed by atoms with E-state index in [4.69, 9.17) is 4.74 Å². The van der Waals surface area contributed by atoms with E-state index in [9.17, 15) is 0 Å². The van der Waals surface area contributed by atoms with Crippen LogP contribution in [-0.4, -0.2) is 30.0 Å². The Morgan fingerprint density at radius 1 is 1.18 bits per heavy atom. The van der Waals surface area contributed by atoms with Gasteiger partial charge in [-0.15, -0.1) is 0 Å². The van der Waals surface area contributed by atoms with E-state index in [0.717, 1.165) is 48.4 Å². The molecule has 0 spiro atoms. The maximum absolute atomic E-state index is 5.06. The van der Waals surface area contributed by atoms with Crippen LogP contribution in [0.25, 0.3) is 5.69 Å². The van der Waals surface area contributed by atoms with Gasteiger partial charge in [-0.3, -0.25) is 0 Å². The third-order valence-electron chi connectivity index (χ3n) is 3.77. The highest BCUT2D eigenvalue weighted by Gasteiger charge is 2.12. The van der Waals surface area contributed by atoms with Gasteiger partial charge >= 0.3 is 0 Å². The molecule has 0 aliphatic heterocycles. The lowest BCUT2D eigenvalue weighted by atomic mass is 10.2. The number of benzene rings is 1. The van der Waals surface area contributed by atoms with Crippen LogP contribution in [-0.2, 0) is 11.3 Å². The molecular formula is C17H24BrN3O. The third-order valence-corrected chi connectivity index (χ3v) is 4.29. The van der Waals surface area contributed by atoms with E-state index in [1.807, 2.05) is 16.8 Å². The smallest absolute Gasteiger partial charge is 0.0649 e. The Morgan fingerprint density at radius 3 is 2.59 bits per heavy atom. The molecule has 0 saturated heterocycles. The summed E-state index contributed by atoms with van der Waals surface area (Å²) in [4.78, 5) is 0. The van der Waals surface area contributed by atoms with Gasteiger partial charge in [-0.25, -0.2) is 4.68 Å². The fourth-order valence-electron chi connectivity index (χ4n) is 2.47. The quantitative estimate of drug-likeness (QED) is 0.723. The molecule has 0 atom stereocenters. The summed E-state index contributed by atoms with van der Waals surface area (Å²) in [6, 6.07) is 8.23. The van der Waals surface area contributed by atoms with E-state index in [2.05, 4.69) is 52.3 Å². The molecule has 0 bridgehead atoms. The molecular weight excluding hydrogens is 342 g/mol. The fourth-order valence-corrected chi connectivity index (χ4v) is 2.74. The van der Waals surface area contributed by atoms with Gasteiger partial charge in [-0.05, 0) is 57.5 Å².